The summed E-state index contributed by atoms with van der Waals surface area (Å²) in [6.45, 7) is 11.0. The van der Waals surface area contributed by atoms with Gasteiger partial charge in [-0.1, -0.05) is 31.4 Å². The van der Waals surface area contributed by atoms with Crippen LogP contribution in [0.2, 0.25) is 0 Å². The van der Waals surface area contributed by atoms with Crippen LogP contribution in [-0.2, 0) is 29.6 Å². The van der Waals surface area contributed by atoms with Gasteiger partial charge in [-0.15, -0.1) is 0 Å². The zero-order chi connectivity index (χ0) is 52.3. The minimum atomic E-state index is -0.660. The third-order valence-electron chi connectivity index (χ3n) is 13.0. The lowest BCUT2D eigenvalue weighted by Gasteiger charge is -2.60. The summed E-state index contributed by atoms with van der Waals surface area (Å²) in [5.74, 6) is -0.491. The van der Waals surface area contributed by atoms with Gasteiger partial charge >= 0.3 is 12.0 Å². The van der Waals surface area contributed by atoms with Crippen LogP contribution in [0.15, 0.2) is 136 Å². The lowest BCUT2D eigenvalue weighted by Crippen LogP contribution is -2.73. The lowest BCUT2D eigenvalue weighted by molar-refractivity contribution is -0.139. The maximum Gasteiger partial charge on any atom is 0.322 e. The standard InChI is InChI=1S/C53H47F2N17O4/c1-4-45(73)69-18-6-8-35(26-69)47-39(24-59-49(66-47)63-37-22-61-68(3)27-37)33-9-11-44(41(54)20-33)76-52-58-17-13-36(65-52)14-19-72-28-38(23-62-72)64-50-60-25-40(34-10-12-43(42(55)21-34)75-51-56-15-7-16-57-51)48(67-50)71-31-53(32-71)29-70(30-53)46(74)5-2/h4-5,7-13,15-17,20-25,27-28H,1-2,6,14,18-19,26,29-32H2,3H3,(H,59,63,66)(H,60,64,67). The summed E-state index contributed by atoms with van der Waals surface area (Å²) in [5.41, 5.74) is 5.37. The van der Waals surface area contributed by atoms with Gasteiger partial charge < -0.3 is 34.8 Å². The third-order valence-corrected chi connectivity index (χ3v) is 13.0. The number of hydrogen-bond acceptors (Lipinski definition) is 17. The van der Waals surface area contributed by atoms with E-state index in [-0.39, 0.29) is 47.3 Å². The van der Waals surface area contributed by atoms with Crippen LogP contribution >= 0.6 is 0 Å². The van der Waals surface area contributed by atoms with Crippen LogP contribution in [0.4, 0.5) is 37.9 Å². The maximum absolute atomic E-state index is 16.0. The number of rotatable bonds is 17. The number of aromatic nitrogens is 12. The number of aryl methyl sites for hydroxylation is 3. The Morgan fingerprint density at radius 2 is 1.37 bits per heavy atom. The normalized spacial score (nSPS) is 14.6. The SMILES string of the molecule is C=CC(=O)N1CCC=C(c2nc(Nc3cnn(C)c3)ncc2-c2ccc(Oc3nccc(CCn4cc(Nc5ncc(-c6ccc(Oc7ncccn7)c(F)c6)c(N6CC7(CN(C(=O)C=C)C7)C6)n5)cn4)n3)c(F)c2)C1. The number of nitrogens with zero attached hydrogens (tertiary/aromatic N) is 15. The number of carbonyl (C=O) groups is 2. The summed E-state index contributed by atoms with van der Waals surface area (Å²) in [6.07, 6.45) is 20.4. The van der Waals surface area contributed by atoms with E-state index in [4.69, 9.17) is 19.4 Å². The summed E-state index contributed by atoms with van der Waals surface area (Å²) >= 11 is 0. The average molecular weight is 1020 g/mol. The zero-order valence-electron chi connectivity index (χ0n) is 40.9. The minimum absolute atomic E-state index is 0.0194. The van der Waals surface area contributed by atoms with Gasteiger partial charge in [-0.25, -0.2) is 38.7 Å². The van der Waals surface area contributed by atoms with E-state index in [0.717, 1.165) is 5.57 Å². The first-order valence-corrected chi connectivity index (χ1v) is 24.1. The Kier molecular flexibility index (Phi) is 13.1. The summed E-state index contributed by atoms with van der Waals surface area (Å²) in [7, 11) is 1.80. The molecule has 2 amide bonds. The Morgan fingerprint density at radius 1 is 0.724 bits per heavy atom. The van der Waals surface area contributed by atoms with E-state index in [1.54, 1.807) is 93.9 Å². The van der Waals surface area contributed by atoms with Crippen molar-refractivity contribution in [1.82, 2.24) is 69.2 Å². The molecule has 0 unspecified atom stereocenters. The first kappa shape index (κ1) is 48.5. The van der Waals surface area contributed by atoms with Crippen LogP contribution in [0.25, 0.3) is 27.8 Å². The van der Waals surface area contributed by atoms with E-state index in [1.807, 2.05) is 6.08 Å². The largest absolute Gasteiger partial charge is 0.421 e. The molecule has 9 heterocycles. The molecular weight excluding hydrogens is 977 g/mol. The number of anilines is 5. The van der Waals surface area contributed by atoms with E-state index < -0.39 is 11.6 Å². The van der Waals surface area contributed by atoms with Gasteiger partial charge in [0.25, 0.3) is 0 Å². The molecule has 2 saturated heterocycles. The van der Waals surface area contributed by atoms with Crippen LogP contribution in [0.5, 0.6) is 23.5 Å². The number of amides is 2. The molecule has 1 spiro atoms. The number of benzene rings is 2. The predicted molar refractivity (Wildman–Crippen MR) is 276 cm³/mol. The van der Waals surface area contributed by atoms with Gasteiger partial charge in [0, 0.05) is 125 Å². The zero-order valence-corrected chi connectivity index (χ0v) is 40.9. The van der Waals surface area contributed by atoms with Crippen LogP contribution < -0.4 is 25.0 Å². The fourth-order valence-electron chi connectivity index (χ4n) is 9.30. The first-order valence-electron chi connectivity index (χ1n) is 24.1. The first-order chi connectivity index (χ1) is 37.0. The van der Waals surface area contributed by atoms with Crippen molar-refractivity contribution in [3.8, 4) is 45.8 Å². The predicted octanol–water partition coefficient (Wildman–Crippen LogP) is 7.34. The molecule has 21 nitrogen and oxygen atoms in total. The highest BCUT2D eigenvalue weighted by molar-refractivity contribution is 5.90. The molecule has 23 heteroatoms. The van der Waals surface area contributed by atoms with E-state index in [9.17, 15) is 9.59 Å². The highest BCUT2D eigenvalue weighted by Gasteiger charge is 2.53. The molecule has 6 aromatic heterocycles. The van der Waals surface area contributed by atoms with Gasteiger partial charge in [-0.05, 0) is 71.7 Å². The Labute approximate surface area is 433 Å². The van der Waals surface area contributed by atoms with Gasteiger partial charge in [-0.3, -0.25) is 19.0 Å². The van der Waals surface area contributed by atoms with Gasteiger partial charge in [0.15, 0.2) is 23.1 Å². The smallest absolute Gasteiger partial charge is 0.322 e. The van der Waals surface area contributed by atoms with Crippen LogP contribution in [0.1, 0.15) is 17.8 Å². The van der Waals surface area contributed by atoms with E-state index >= 15 is 8.78 Å². The van der Waals surface area contributed by atoms with Gasteiger partial charge in [0.05, 0.1) is 29.5 Å². The van der Waals surface area contributed by atoms with Crippen molar-refractivity contribution in [3.05, 3.63) is 159 Å². The molecule has 0 aliphatic carbocycles. The topological polar surface area (TPSA) is 225 Å². The molecule has 3 aliphatic rings. The Hall–Kier alpha value is -9.80. The summed E-state index contributed by atoms with van der Waals surface area (Å²) < 4.78 is 46.3. The second-order valence-electron chi connectivity index (χ2n) is 18.4. The molecule has 2 aromatic carbocycles. The highest BCUT2D eigenvalue weighted by atomic mass is 19.1. The third kappa shape index (κ3) is 10.4. The number of halogens is 2. The van der Waals surface area contributed by atoms with Gasteiger partial charge in [0.1, 0.15) is 5.82 Å². The van der Waals surface area contributed by atoms with Crippen molar-refractivity contribution < 1.29 is 27.8 Å². The van der Waals surface area contributed by atoms with Crippen molar-refractivity contribution in [2.24, 2.45) is 12.5 Å². The second kappa shape index (κ2) is 20.6. The highest BCUT2D eigenvalue weighted by Crippen LogP contribution is 2.45. The van der Waals surface area contributed by atoms with E-state index in [0.29, 0.717) is 115 Å². The summed E-state index contributed by atoms with van der Waals surface area (Å²) in [5, 5.41) is 15.1. The maximum atomic E-state index is 16.0. The molecule has 0 saturated carbocycles. The van der Waals surface area contributed by atoms with Gasteiger partial charge in [0.2, 0.25) is 23.7 Å². The second-order valence-corrected chi connectivity index (χ2v) is 18.4. The van der Waals surface area contributed by atoms with Crippen LogP contribution in [-0.4, -0.2) is 120 Å². The number of ether oxygens (including phenoxy) is 2. The average Bonchev–Trinajstić information content (AvgIpc) is 4.12. The Balaban J connectivity index is 0.758. The molecule has 3 aliphatic heterocycles. The van der Waals surface area contributed by atoms with Crippen molar-refractivity contribution in [1.29, 1.82) is 0 Å². The number of carbonyl (C=O) groups excluding carboxylic acids is 2. The van der Waals surface area contributed by atoms with E-state index in [2.05, 4.69) is 68.8 Å². The monoisotopic (exact) mass is 1020 g/mol. The van der Waals surface area contributed by atoms with Crippen molar-refractivity contribution >= 4 is 46.5 Å². The van der Waals surface area contributed by atoms with Crippen LogP contribution in [0, 0.1) is 17.0 Å². The molecule has 0 radical (unpaired) electrons. The van der Waals surface area contributed by atoms with E-state index in [1.165, 1.54) is 48.8 Å². The lowest BCUT2D eigenvalue weighted by atomic mass is 9.72. The summed E-state index contributed by atoms with van der Waals surface area (Å²) in [6, 6.07) is 12.5. The van der Waals surface area contributed by atoms with Crippen molar-refractivity contribution in [2.45, 2.75) is 19.4 Å². The number of nitrogens with one attached hydrogen (secondary N) is 2. The van der Waals surface area contributed by atoms with Crippen molar-refractivity contribution in [2.75, 3.05) is 54.8 Å². The number of hydrogen-bond donors (Lipinski definition) is 2. The Bertz CT molecular complexity index is 3550. The molecular formula is C53H47F2N17O4. The molecule has 11 rings (SSSR count). The van der Waals surface area contributed by atoms with Crippen LogP contribution in [0.3, 0.4) is 0 Å². The minimum Gasteiger partial charge on any atom is -0.421 e. The number of likely N-dealkylation sites (tertiary alicyclic amines) is 1. The molecule has 2 fully saturated rings. The Morgan fingerprint density at radius 3 is 2.07 bits per heavy atom. The van der Waals surface area contributed by atoms with Crippen molar-refractivity contribution in [3.63, 3.8) is 0 Å². The molecule has 8 aromatic rings. The molecule has 0 bridgehead atoms. The fraction of sp³-hybridized carbons (Fsp3) is 0.208. The summed E-state index contributed by atoms with van der Waals surface area (Å²) in [4.78, 5) is 66.1. The quantitative estimate of drug-likeness (QED) is 0.0851. The van der Waals surface area contributed by atoms with Gasteiger partial charge in [-0.2, -0.15) is 20.2 Å². The fourth-order valence-corrected chi connectivity index (χ4v) is 9.30. The molecule has 76 heavy (non-hydrogen) atoms. The molecule has 2 N–H and O–H groups in total. The molecule has 0 atom stereocenters. The molecule has 382 valence electrons.